The lowest BCUT2D eigenvalue weighted by Gasteiger charge is -2.21. The number of ether oxygens (including phenoxy) is 3. The Hall–Kier alpha value is -4.57. The first-order valence-corrected chi connectivity index (χ1v) is 43.1. The van der Waals surface area contributed by atoms with Gasteiger partial charge in [0.1, 0.15) is 25.4 Å². The van der Waals surface area contributed by atoms with Crippen molar-refractivity contribution in [1.29, 1.82) is 0 Å². The molecule has 0 rings (SSSR count). The molecule has 16 nitrogen and oxygen atoms in total. The van der Waals surface area contributed by atoms with Crippen molar-refractivity contribution in [1.82, 2.24) is 0 Å². The van der Waals surface area contributed by atoms with Crippen LogP contribution in [0.25, 0.3) is 0 Å². The summed E-state index contributed by atoms with van der Waals surface area (Å²) >= 11 is 0. The first-order valence-electron chi connectivity index (χ1n) is 40.1. The lowest BCUT2D eigenvalue weighted by molar-refractivity contribution is -0.161. The van der Waals surface area contributed by atoms with Gasteiger partial charge in [0.15, 0.2) is 6.10 Å². The van der Waals surface area contributed by atoms with E-state index in [1.807, 2.05) is 18.2 Å². The maximum Gasteiger partial charge on any atom is 0.472 e. The van der Waals surface area contributed by atoms with Crippen LogP contribution in [0.3, 0.4) is 0 Å². The number of carbonyl (C=O) groups excluding carboxylic acids is 3. The van der Waals surface area contributed by atoms with Crippen LogP contribution >= 0.6 is 15.6 Å². The third-order valence-corrected chi connectivity index (χ3v) is 18.5. The van der Waals surface area contributed by atoms with Gasteiger partial charge in [0.05, 0.1) is 26.4 Å². The van der Waals surface area contributed by atoms with Crippen molar-refractivity contribution in [2.24, 2.45) is 0 Å². The molecule has 0 fully saturated rings. The van der Waals surface area contributed by atoms with Crippen molar-refractivity contribution >= 4 is 33.6 Å². The van der Waals surface area contributed by atoms with Gasteiger partial charge in [-0.3, -0.25) is 32.5 Å². The van der Waals surface area contributed by atoms with Crippen LogP contribution in [0.1, 0.15) is 316 Å². The van der Waals surface area contributed by atoms with E-state index in [0.717, 1.165) is 122 Å². The summed E-state index contributed by atoms with van der Waals surface area (Å²) in [5, 5.41) is 20.6. The van der Waals surface area contributed by atoms with Crippen molar-refractivity contribution in [2.75, 3.05) is 39.6 Å². The fourth-order valence-electron chi connectivity index (χ4n) is 10.5. The van der Waals surface area contributed by atoms with Crippen LogP contribution in [0.4, 0.5) is 0 Å². The van der Waals surface area contributed by atoms with E-state index in [9.17, 15) is 43.5 Å². The van der Waals surface area contributed by atoms with Gasteiger partial charge in [-0.25, -0.2) is 9.13 Å². The summed E-state index contributed by atoms with van der Waals surface area (Å²) in [6.45, 7) is 2.38. The predicted octanol–water partition coefficient (Wildman–Crippen LogP) is 23.7. The van der Waals surface area contributed by atoms with Crippen molar-refractivity contribution in [3.63, 3.8) is 0 Å². The van der Waals surface area contributed by atoms with Crippen LogP contribution in [0, 0.1) is 0 Å². The summed E-state index contributed by atoms with van der Waals surface area (Å²) in [7, 11) is -9.81. The van der Waals surface area contributed by atoms with E-state index in [4.69, 9.17) is 32.3 Å². The highest BCUT2D eigenvalue weighted by Gasteiger charge is 2.29. The molecule has 0 aromatic heterocycles. The summed E-state index contributed by atoms with van der Waals surface area (Å²) in [5.74, 6) is -1.67. The SMILES string of the molecule is CC/C=C\C/C=C\C/C=C\C/C=C\C/C=C\C/C=C\CCCCCCCCCCCCCCCCC(=O)OCC(O)COP(=O)(O)OCC(O)COP(=O)(O)OCC(COC(=O)CC/C=C\C/C=C\C/C=C\C/C=C\C/C=C\C/C=C\CC)OC(=O)CCCCCCCCCCCCCCCCC. The van der Waals surface area contributed by atoms with Crippen molar-refractivity contribution in [3.05, 3.63) is 146 Å². The lowest BCUT2D eigenvalue weighted by Crippen LogP contribution is -2.30. The standard InChI is InChI=1S/C85H144O16P2/c1-4-7-10-13-16-19-22-25-28-30-32-33-34-35-36-37-38-39-40-41-42-43-44-45-47-49-51-53-56-59-62-65-68-71-83(88)95-74-80(86)75-97-102(91,92)98-76-81(87)77-99-103(93,94)100-79-82(101-85(90)73-70-67-64-61-58-55-50-27-24-21-18-15-12-9-6-3)78-96-84(89)72-69-66-63-60-57-54-52-48-46-31-29-26-23-20-17-14-11-8-5-2/h7-8,10-11,16-17,19-20,25-26,28-29,32-33,35-36,38-39,46,48,54,57,63,66,80-82,86-87H,4-6,9,12-15,18,21-24,27,30-31,34,37,40-45,47,49-53,55-56,58-62,64-65,67-79H2,1-3H3,(H,91,92)(H,93,94)/b10-7-,11-8-,19-16-,20-17-,28-25-,29-26-,33-32-,36-35-,39-38-,48-46-,57-54-,66-63-. The van der Waals surface area contributed by atoms with Crippen LogP contribution in [-0.4, -0.2) is 95.9 Å². The second-order valence-corrected chi connectivity index (χ2v) is 29.4. The first-order chi connectivity index (χ1) is 50.2. The van der Waals surface area contributed by atoms with Gasteiger partial charge in [-0.2, -0.15) is 0 Å². The van der Waals surface area contributed by atoms with Gasteiger partial charge in [0, 0.05) is 19.3 Å². The quantitative estimate of drug-likeness (QED) is 0.0146. The molecule has 5 atom stereocenters. The van der Waals surface area contributed by atoms with E-state index in [0.29, 0.717) is 25.7 Å². The Kier molecular flexibility index (Phi) is 73.6. The molecule has 4 N–H and O–H groups in total. The molecule has 0 aromatic rings. The molecule has 0 aromatic carbocycles. The highest BCUT2D eigenvalue weighted by atomic mass is 31.2. The number of carbonyl (C=O) groups is 3. The van der Waals surface area contributed by atoms with E-state index in [1.54, 1.807) is 0 Å². The fraction of sp³-hybridized carbons (Fsp3) is 0.682. The Bertz CT molecular complexity index is 2450. The largest absolute Gasteiger partial charge is 0.472 e. The van der Waals surface area contributed by atoms with Crippen molar-refractivity contribution in [2.45, 2.75) is 334 Å². The summed E-state index contributed by atoms with van der Waals surface area (Å²) in [4.78, 5) is 58.6. The number of unbranched alkanes of at least 4 members (excludes halogenated alkanes) is 28. The minimum Gasteiger partial charge on any atom is -0.463 e. The maximum absolute atomic E-state index is 13.0. The Labute approximate surface area is 626 Å². The molecule has 18 heteroatoms. The zero-order chi connectivity index (χ0) is 75.2. The van der Waals surface area contributed by atoms with Crippen LogP contribution in [0.5, 0.6) is 0 Å². The van der Waals surface area contributed by atoms with E-state index < -0.39 is 91.5 Å². The van der Waals surface area contributed by atoms with Gasteiger partial charge in [-0.05, 0) is 109 Å². The Morgan fingerprint density at radius 1 is 0.282 bits per heavy atom. The molecule has 0 saturated carbocycles. The number of hydrogen-bond donors (Lipinski definition) is 4. The number of rotatable bonds is 75. The van der Waals surface area contributed by atoms with Gasteiger partial charge in [0.2, 0.25) is 0 Å². The average molecular weight is 1480 g/mol. The molecule has 103 heavy (non-hydrogen) atoms. The maximum atomic E-state index is 13.0. The lowest BCUT2D eigenvalue weighted by atomic mass is 10.0. The molecule has 0 bridgehead atoms. The van der Waals surface area contributed by atoms with E-state index >= 15 is 0 Å². The van der Waals surface area contributed by atoms with E-state index in [1.165, 1.54) is 128 Å². The van der Waals surface area contributed by atoms with Gasteiger partial charge < -0.3 is 34.2 Å². The molecule has 0 aliphatic rings. The van der Waals surface area contributed by atoms with E-state index in [2.05, 4.69) is 148 Å². The predicted molar refractivity (Wildman–Crippen MR) is 426 cm³/mol. The molecule has 0 aliphatic carbocycles. The summed E-state index contributed by atoms with van der Waals surface area (Å²) in [5.41, 5.74) is 0. The molecule has 0 heterocycles. The number of aliphatic hydroxyl groups excluding tert-OH is 2. The van der Waals surface area contributed by atoms with Gasteiger partial charge >= 0.3 is 33.6 Å². The average Bonchev–Trinajstić information content (AvgIpc) is 0.916. The molecule has 5 unspecified atom stereocenters. The molecule has 0 aliphatic heterocycles. The molecule has 0 saturated heterocycles. The highest BCUT2D eigenvalue weighted by molar-refractivity contribution is 7.47. The number of allylic oxidation sites excluding steroid dienone is 24. The van der Waals surface area contributed by atoms with Crippen molar-refractivity contribution in [3.8, 4) is 0 Å². The number of hydrogen-bond acceptors (Lipinski definition) is 14. The van der Waals surface area contributed by atoms with Crippen LogP contribution in [-0.2, 0) is 55.8 Å². The highest BCUT2D eigenvalue weighted by Crippen LogP contribution is 2.45. The van der Waals surface area contributed by atoms with Crippen LogP contribution < -0.4 is 0 Å². The third-order valence-electron chi connectivity index (χ3n) is 16.6. The molecular formula is C85H144O16P2. The van der Waals surface area contributed by atoms with Gasteiger partial charge in [-0.15, -0.1) is 0 Å². The van der Waals surface area contributed by atoms with Crippen LogP contribution in [0.2, 0.25) is 0 Å². The normalized spacial score (nSPS) is 14.7. The monoisotopic (exact) mass is 1480 g/mol. The minimum absolute atomic E-state index is 0.0446. The third kappa shape index (κ3) is 78.3. The minimum atomic E-state index is -4.95. The second kappa shape index (κ2) is 77.1. The fourth-order valence-corrected chi connectivity index (χ4v) is 12.1. The smallest absolute Gasteiger partial charge is 0.463 e. The van der Waals surface area contributed by atoms with Gasteiger partial charge in [-0.1, -0.05) is 334 Å². The summed E-state index contributed by atoms with van der Waals surface area (Å²) < 4.78 is 61.0. The molecule has 590 valence electrons. The Morgan fingerprint density at radius 2 is 0.534 bits per heavy atom. The molecular weight excluding hydrogens is 1340 g/mol. The Balaban J connectivity index is 4.50. The van der Waals surface area contributed by atoms with Crippen LogP contribution in [0.15, 0.2) is 146 Å². The first kappa shape index (κ1) is 98.4. The van der Waals surface area contributed by atoms with E-state index in [-0.39, 0.29) is 19.3 Å². The molecule has 0 radical (unpaired) electrons. The summed E-state index contributed by atoms with van der Waals surface area (Å²) in [6, 6.07) is 0. The number of phosphoric acid groups is 2. The Morgan fingerprint density at radius 3 is 0.874 bits per heavy atom. The topological polar surface area (TPSA) is 231 Å². The zero-order valence-corrected chi connectivity index (χ0v) is 66.2. The molecule has 0 amide bonds. The number of esters is 3. The number of phosphoric ester groups is 2. The van der Waals surface area contributed by atoms with Gasteiger partial charge in [0.25, 0.3) is 0 Å². The molecule has 0 spiro atoms. The number of aliphatic hydroxyl groups is 2. The second-order valence-electron chi connectivity index (χ2n) is 26.5. The zero-order valence-electron chi connectivity index (χ0n) is 64.4. The summed E-state index contributed by atoms with van der Waals surface area (Å²) in [6.07, 6.45) is 94.9. The van der Waals surface area contributed by atoms with Crippen molar-refractivity contribution < 1.29 is 75.8 Å².